The molecule has 2 atom stereocenters. The van der Waals surface area contributed by atoms with E-state index in [-0.39, 0.29) is 17.6 Å². The van der Waals surface area contributed by atoms with E-state index in [0.717, 1.165) is 31.4 Å². The quantitative estimate of drug-likeness (QED) is 0.838. The number of likely N-dealkylation sites (tertiary alicyclic amines) is 1. The number of ether oxygens (including phenoxy) is 2. The molecular formula is C19H21N3O4. The van der Waals surface area contributed by atoms with Crippen LogP contribution >= 0.6 is 0 Å². The maximum absolute atomic E-state index is 12.7. The summed E-state index contributed by atoms with van der Waals surface area (Å²) < 4.78 is 17.3. The summed E-state index contributed by atoms with van der Waals surface area (Å²) in [7, 11) is 0. The molecule has 0 radical (unpaired) electrons. The summed E-state index contributed by atoms with van der Waals surface area (Å²) in [5.41, 5.74) is 0.0845. The number of amides is 1. The molecule has 1 aliphatic carbocycles. The highest BCUT2D eigenvalue weighted by Gasteiger charge is 2.48. The lowest BCUT2D eigenvalue weighted by atomic mass is 9.98. The fourth-order valence-corrected chi connectivity index (χ4v) is 3.88. The Morgan fingerprint density at radius 3 is 3.08 bits per heavy atom. The molecule has 7 heteroatoms. The Kier molecular flexibility index (Phi) is 3.70. The summed E-state index contributed by atoms with van der Waals surface area (Å²) in [5.74, 6) is 1.83. The fourth-order valence-electron chi connectivity index (χ4n) is 3.88. The van der Waals surface area contributed by atoms with Gasteiger partial charge in [-0.25, -0.2) is 4.98 Å². The van der Waals surface area contributed by atoms with Crippen LogP contribution in [0.2, 0.25) is 0 Å². The number of pyridine rings is 1. The van der Waals surface area contributed by atoms with Crippen molar-refractivity contribution in [3.05, 3.63) is 41.9 Å². The molecule has 0 unspecified atom stereocenters. The summed E-state index contributed by atoms with van der Waals surface area (Å²) in [6.07, 6.45) is 5.51. The molecule has 2 aliphatic heterocycles. The van der Waals surface area contributed by atoms with E-state index in [2.05, 4.69) is 10.1 Å². The monoisotopic (exact) mass is 355 g/mol. The number of hydrogen-bond acceptors (Lipinski definition) is 6. The zero-order valence-electron chi connectivity index (χ0n) is 14.5. The Hall–Kier alpha value is -2.41. The first-order chi connectivity index (χ1) is 12.7. The Labute approximate surface area is 151 Å². The van der Waals surface area contributed by atoms with E-state index in [1.54, 1.807) is 12.3 Å². The second kappa shape index (κ2) is 6.09. The molecule has 26 heavy (non-hydrogen) atoms. The Morgan fingerprint density at radius 2 is 2.27 bits per heavy atom. The van der Waals surface area contributed by atoms with Crippen molar-refractivity contribution in [2.75, 3.05) is 19.7 Å². The lowest BCUT2D eigenvalue weighted by Gasteiger charge is -2.22. The molecule has 5 rings (SSSR count). The SMILES string of the molecule is O=C(c1cc(C2CC2)on1)N1CC[C@]2(C[C@@H](Oc3ccccn3)CO2)C1. The molecule has 1 amide bonds. The lowest BCUT2D eigenvalue weighted by molar-refractivity contribution is 0.00975. The van der Waals surface area contributed by atoms with Crippen LogP contribution in [0.1, 0.15) is 47.8 Å². The van der Waals surface area contributed by atoms with E-state index in [1.165, 1.54) is 0 Å². The average Bonchev–Trinajstić information content (AvgIpc) is 3.08. The summed E-state index contributed by atoms with van der Waals surface area (Å²) in [4.78, 5) is 18.7. The van der Waals surface area contributed by atoms with Gasteiger partial charge in [-0.3, -0.25) is 4.79 Å². The van der Waals surface area contributed by atoms with Crippen molar-refractivity contribution in [2.24, 2.45) is 0 Å². The van der Waals surface area contributed by atoms with Crippen molar-refractivity contribution in [1.29, 1.82) is 0 Å². The average molecular weight is 355 g/mol. The molecule has 1 spiro atoms. The normalized spacial score (nSPS) is 28.0. The van der Waals surface area contributed by atoms with Gasteiger partial charge in [0.2, 0.25) is 5.88 Å². The van der Waals surface area contributed by atoms with Crippen molar-refractivity contribution in [2.45, 2.75) is 43.3 Å². The Balaban J connectivity index is 1.21. The zero-order chi connectivity index (χ0) is 17.6. The molecule has 2 aromatic heterocycles. The van der Waals surface area contributed by atoms with Gasteiger partial charge in [0.1, 0.15) is 11.9 Å². The van der Waals surface area contributed by atoms with Gasteiger partial charge >= 0.3 is 0 Å². The standard InChI is InChI=1S/C19H21N3O4/c23-18(15-9-16(26-21-15)13-4-5-13)22-8-6-19(12-22)10-14(11-24-19)25-17-3-1-2-7-20-17/h1-3,7,9,13-14H,4-6,8,10-12H2/t14-,19+/m1/s1. The molecule has 3 fully saturated rings. The molecule has 0 N–H and O–H groups in total. The number of carbonyl (C=O) groups is 1. The second-order valence-electron chi connectivity index (χ2n) is 7.47. The van der Waals surface area contributed by atoms with Crippen LogP contribution in [0.15, 0.2) is 35.0 Å². The lowest BCUT2D eigenvalue weighted by Crippen LogP contribution is -2.36. The van der Waals surface area contributed by atoms with Gasteiger partial charge in [0.15, 0.2) is 5.69 Å². The molecular weight excluding hydrogens is 334 g/mol. The van der Waals surface area contributed by atoms with E-state index in [9.17, 15) is 4.79 Å². The minimum absolute atomic E-state index is 0.0338. The minimum atomic E-state index is -0.321. The molecule has 136 valence electrons. The third-order valence-corrected chi connectivity index (χ3v) is 5.43. The van der Waals surface area contributed by atoms with Gasteiger partial charge in [-0.1, -0.05) is 11.2 Å². The number of carbonyl (C=O) groups excluding carboxylic acids is 1. The van der Waals surface area contributed by atoms with E-state index < -0.39 is 0 Å². The van der Waals surface area contributed by atoms with Crippen molar-refractivity contribution in [3.63, 3.8) is 0 Å². The van der Waals surface area contributed by atoms with E-state index in [0.29, 0.717) is 37.2 Å². The third kappa shape index (κ3) is 2.96. The van der Waals surface area contributed by atoms with E-state index in [1.807, 2.05) is 23.1 Å². The molecule has 4 heterocycles. The maximum atomic E-state index is 12.7. The highest BCUT2D eigenvalue weighted by molar-refractivity contribution is 5.92. The number of nitrogens with zero attached hydrogens (tertiary/aromatic N) is 3. The molecule has 3 aliphatic rings. The smallest absolute Gasteiger partial charge is 0.276 e. The Bertz CT molecular complexity index is 804. The van der Waals surface area contributed by atoms with Crippen LogP contribution < -0.4 is 4.74 Å². The summed E-state index contributed by atoms with van der Waals surface area (Å²) in [5, 5.41) is 3.97. The van der Waals surface area contributed by atoms with Crippen LogP contribution in [0.3, 0.4) is 0 Å². The van der Waals surface area contributed by atoms with Gasteiger partial charge in [0, 0.05) is 37.2 Å². The Morgan fingerprint density at radius 1 is 1.35 bits per heavy atom. The van der Waals surface area contributed by atoms with Crippen molar-refractivity contribution < 1.29 is 18.8 Å². The number of rotatable bonds is 4. The predicted molar refractivity (Wildman–Crippen MR) is 91.0 cm³/mol. The van der Waals surface area contributed by atoms with Gasteiger partial charge in [0.05, 0.1) is 18.8 Å². The second-order valence-corrected chi connectivity index (χ2v) is 7.47. The number of aromatic nitrogens is 2. The van der Waals surface area contributed by atoms with Crippen LogP contribution in [-0.4, -0.2) is 52.3 Å². The highest BCUT2D eigenvalue weighted by Crippen LogP contribution is 2.41. The largest absolute Gasteiger partial charge is 0.472 e. The first-order valence-electron chi connectivity index (χ1n) is 9.18. The van der Waals surface area contributed by atoms with Crippen LogP contribution in [0.5, 0.6) is 5.88 Å². The summed E-state index contributed by atoms with van der Waals surface area (Å²) in [6.45, 7) is 1.76. The first-order valence-corrected chi connectivity index (χ1v) is 9.18. The fraction of sp³-hybridized carbons (Fsp3) is 0.526. The van der Waals surface area contributed by atoms with Gasteiger partial charge in [-0.2, -0.15) is 0 Å². The molecule has 0 bridgehead atoms. The van der Waals surface area contributed by atoms with E-state index in [4.69, 9.17) is 14.0 Å². The highest BCUT2D eigenvalue weighted by atomic mass is 16.6. The maximum Gasteiger partial charge on any atom is 0.276 e. The third-order valence-electron chi connectivity index (χ3n) is 5.43. The van der Waals surface area contributed by atoms with Crippen LogP contribution in [0.4, 0.5) is 0 Å². The van der Waals surface area contributed by atoms with Crippen molar-refractivity contribution in [3.8, 4) is 5.88 Å². The van der Waals surface area contributed by atoms with E-state index >= 15 is 0 Å². The minimum Gasteiger partial charge on any atom is -0.472 e. The van der Waals surface area contributed by atoms with Gasteiger partial charge < -0.3 is 18.9 Å². The molecule has 0 aromatic carbocycles. The predicted octanol–water partition coefficient (Wildman–Crippen LogP) is 2.40. The summed E-state index contributed by atoms with van der Waals surface area (Å²) >= 11 is 0. The molecule has 7 nitrogen and oxygen atoms in total. The van der Waals surface area contributed by atoms with Crippen LogP contribution in [0, 0.1) is 0 Å². The van der Waals surface area contributed by atoms with Crippen LogP contribution in [0.25, 0.3) is 0 Å². The van der Waals surface area contributed by atoms with Crippen molar-refractivity contribution >= 4 is 5.91 Å². The van der Waals surface area contributed by atoms with Gasteiger partial charge in [-0.05, 0) is 25.3 Å². The molecule has 1 saturated carbocycles. The number of hydrogen-bond donors (Lipinski definition) is 0. The van der Waals surface area contributed by atoms with Gasteiger partial charge in [-0.15, -0.1) is 0 Å². The molecule has 2 saturated heterocycles. The first kappa shape index (κ1) is 15.8. The van der Waals surface area contributed by atoms with Crippen LogP contribution in [-0.2, 0) is 4.74 Å². The summed E-state index contributed by atoms with van der Waals surface area (Å²) in [6, 6.07) is 7.40. The zero-order valence-corrected chi connectivity index (χ0v) is 14.5. The van der Waals surface area contributed by atoms with Crippen molar-refractivity contribution in [1.82, 2.24) is 15.0 Å². The topological polar surface area (TPSA) is 77.7 Å². The molecule has 2 aromatic rings. The van der Waals surface area contributed by atoms with Gasteiger partial charge in [0.25, 0.3) is 5.91 Å².